The zero-order valence-corrected chi connectivity index (χ0v) is 9.94. The highest BCUT2D eigenvalue weighted by atomic mass is 16.2. The number of amides is 1. The Hall–Kier alpha value is -1.59. The third kappa shape index (κ3) is 6.00. The molecule has 0 saturated carbocycles. The average Bonchev–Trinajstić information content (AvgIpc) is 2.30. The number of carbonyl (C=O) groups excluding carboxylic acids is 1. The lowest BCUT2D eigenvalue weighted by atomic mass is 10.3. The molecule has 0 saturated heterocycles. The Balaban J connectivity index is 4.00. The van der Waals surface area contributed by atoms with Crippen molar-refractivity contribution in [2.24, 2.45) is 0 Å². The van der Waals surface area contributed by atoms with Gasteiger partial charge in [-0.25, -0.2) is 0 Å². The van der Waals surface area contributed by atoms with Crippen LogP contribution in [0.25, 0.3) is 0 Å². The minimum Gasteiger partial charge on any atom is -0.344 e. The van der Waals surface area contributed by atoms with E-state index in [2.05, 4.69) is 6.07 Å². The van der Waals surface area contributed by atoms with Crippen LogP contribution in [0, 0.1) is 22.7 Å². The van der Waals surface area contributed by atoms with Crippen molar-refractivity contribution in [2.45, 2.75) is 19.8 Å². The third-order valence-electron chi connectivity index (χ3n) is 2.33. The molecule has 16 heavy (non-hydrogen) atoms. The summed E-state index contributed by atoms with van der Waals surface area (Å²) < 4.78 is 0. The molecule has 0 aromatic rings. The highest BCUT2D eigenvalue weighted by molar-refractivity contribution is 5.77. The maximum Gasteiger partial charge on any atom is 0.236 e. The summed E-state index contributed by atoms with van der Waals surface area (Å²) in [5.41, 5.74) is 0. The van der Waals surface area contributed by atoms with Crippen molar-refractivity contribution in [2.75, 3.05) is 33.2 Å². The van der Waals surface area contributed by atoms with Crippen molar-refractivity contribution in [3.8, 4) is 12.1 Å². The van der Waals surface area contributed by atoms with Crippen molar-refractivity contribution in [3.05, 3.63) is 0 Å². The number of carbonyl (C=O) groups is 1. The zero-order valence-electron chi connectivity index (χ0n) is 9.94. The molecule has 5 nitrogen and oxygen atoms in total. The summed E-state index contributed by atoms with van der Waals surface area (Å²) in [5, 5.41) is 16.9. The molecular formula is C11H18N4O. The largest absolute Gasteiger partial charge is 0.344 e. The fourth-order valence-electron chi connectivity index (χ4n) is 1.21. The molecular weight excluding hydrogens is 204 g/mol. The molecule has 0 aromatic carbocycles. The molecule has 0 unspecified atom stereocenters. The minimum atomic E-state index is -0.00459. The van der Waals surface area contributed by atoms with Crippen molar-refractivity contribution in [1.29, 1.82) is 10.5 Å². The molecule has 0 spiro atoms. The number of hydrogen-bond donors (Lipinski definition) is 0. The molecule has 88 valence electrons. The van der Waals surface area contributed by atoms with Crippen LogP contribution in [0.4, 0.5) is 0 Å². The number of nitriles is 2. The van der Waals surface area contributed by atoms with Gasteiger partial charge in [0.05, 0.1) is 25.1 Å². The number of rotatable bonds is 7. The van der Waals surface area contributed by atoms with Gasteiger partial charge in [-0.2, -0.15) is 10.5 Å². The Morgan fingerprint density at radius 3 is 2.25 bits per heavy atom. The summed E-state index contributed by atoms with van der Waals surface area (Å²) in [5.74, 6) is -0.00459. The van der Waals surface area contributed by atoms with E-state index in [1.165, 1.54) is 0 Å². The molecule has 0 aliphatic carbocycles. The predicted molar refractivity (Wildman–Crippen MR) is 60.2 cm³/mol. The van der Waals surface area contributed by atoms with E-state index < -0.39 is 0 Å². The van der Waals surface area contributed by atoms with Crippen LogP contribution in [0.15, 0.2) is 0 Å². The van der Waals surface area contributed by atoms with E-state index in [9.17, 15) is 4.79 Å². The molecule has 0 bridgehead atoms. The lowest BCUT2D eigenvalue weighted by Gasteiger charge is -2.22. The Bertz CT molecular complexity index is 289. The molecule has 0 aliphatic rings. The van der Waals surface area contributed by atoms with Gasteiger partial charge in [-0.1, -0.05) is 6.92 Å². The first-order valence-electron chi connectivity index (χ1n) is 5.35. The van der Waals surface area contributed by atoms with Crippen LogP contribution < -0.4 is 0 Å². The standard InChI is InChI=1S/C11H18N4O/c1-3-15(9-5-7-13)10-11(16)14(2)8-4-6-12/h3-5,8-10H2,1-2H3. The van der Waals surface area contributed by atoms with Gasteiger partial charge >= 0.3 is 0 Å². The molecule has 0 heterocycles. The second-order valence-corrected chi connectivity index (χ2v) is 3.50. The molecule has 0 radical (unpaired) electrons. The monoisotopic (exact) mass is 222 g/mol. The van der Waals surface area contributed by atoms with Crippen LogP contribution in [0.2, 0.25) is 0 Å². The van der Waals surface area contributed by atoms with Crippen LogP contribution >= 0.6 is 0 Å². The van der Waals surface area contributed by atoms with Gasteiger partial charge in [-0.3, -0.25) is 9.69 Å². The summed E-state index contributed by atoms with van der Waals surface area (Å²) in [7, 11) is 1.69. The minimum absolute atomic E-state index is 0.00459. The third-order valence-corrected chi connectivity index (χ3v) is 2.33. The topological polar surface area (TPSA) is 71.1 Å². The van der Waals surface area contributed by atoms with Crippen molar-refractivity contribution < 1.29 is 4.79 Å². The molecule has 5 heteroatoms. The van der Waals surface area contributed by atoms with E-state index in [1.54, 1.807) is 11.9 Å². The van der Waals surface area contributed by atoms with Gasteiger partial charge in [0.15, 0.2) is 0 Å². The van der Waals surface area contributed by atoms with E-state index in [0.717, 1.165) is 6.54 Å². The van der Waals surface area contributed by atoms with Crippen LogP contribution in [-0.2, 0) is 4.79 Å². The second kappa shape index (κ2) is 8.70. The van der Waals surface area contributed by atoms with E-state index in [1.807, 2.05) is 17.9 Å². The van der Waals surface area contributed by atoms with Gasteiger partial charge in [0.2, 0.25) is 5.91 Å². The van der Waals surface area contributed by atoms with Gasteiger partial charge in [-0.05, 0) is 6.54 Å². The lowest BCUT2D eigenvalue weighted by Crippen LogP contribution is -2.39. The molecule has 0 fully saturated rings. The number of hydrogen-bond acceptors (Lipinski definition) is 4. The molecule has 0 aliphatic heterocycles. The highest BCUT2D eigenvalue weighted by Gasteiger charge is 2.12. The first-order chi connectivity index (χ1) is 7.65. The second-order valence-electron chi connectivity index (χ2n) is 3.50. The average molecular weight is 222 g/mol. The summed E-state index contributed by atoms with van der Waals surface area (Å²) in [6.07, 6.45) is 0.787. The van der Waals surface area contributed by atoms with Gasteiger partial charge in [0, 0.05) is 26.6 Å². The number of likely N-dealkylation sites (N-methyl/N-ethyl adjacent to an activating group) is 2. The fraction of sp³-hybridized carbons (Fsp3) is 0.727. The summed E-state index contributed by atoms with van der Waals surface area (Å²) >= 11 is 0. The van der Waals surface area contributed by atoms with E-state index in [0.29, 0.717) is 32.5 Å². The molecule has 0 N–H and O–H groups in total. The first-order valence-corrected chi connectivity index (χ1v) is 5.35. The summed E-state index contributed by atoms with van der Waals surface area (Å²) in [4.78, 5) is 15.2. The molecule has 1 amide bonds. The maximum atomic E-state index is 11.7. The molecule has 0 atom stereocenters. The highest BCUT2D eigenvalue weighted by Crippen LogP contribution is 1.95. The Morgan fingerprint density at radius 1 is 1.19 bits per heavy atom. The van der Waals surface area contributed by atoms with Gasteiger partial charge in [-0.15, -0.1) is 0 Å². The van der Waals surface area contributed by atoms with Gasteiger partial charge in [0.25, 0.3) is 0 Å². The van der Waals surface area contributed by atoms with Crippen molar-refractivity contribution in [1.82, 2.24) is 9.80 Å². The lowest BCUT2D eigenvalue weighted by molar-refractivity contribution is -0.131. The van der Waals surface area contributed by atoms with E-state index in [4.69, 9.17) is 10.5 Å². The zero-order chi connectivity index (χ0) is 12.4. The Labute approximate surface area is 96.9 Å². The summed E-state index contributed by atoms with van der Waals surface area (Å²) in [6.45, 7) is 4.11. The molecule has 0 aromatic heterocycles. The predicted octanol–water partition coefficient (Wildman–Crippen LogP) is 0.594. The van der Waals surface area contributed by atoms with Gasteiger partial charge < -0.3 is 4.90 Å². The Morgan fingerprint density at radius 2 is 1.75 bits per heavy atom. The van der Waals surface area contributed by atoms with Gasteiger partial charge in [0.1, 0.15) is 0 Å². The number of nitrogens with zero attached hydrogens (tertiary/aromatic N) is 4. The van der Waals surface area contributed by atoms with Crippen molar-refractivity contribution >= 4 is 5.91 Å². The maximum absolute atomic E-state index is 11.7. The first kappa shape index (κ1) is 14.4. The SMILES string of the molecule is CCN(CCC#N)CC(=O)N(C)CCC#N. The van der Waals surface area contributed by atoms with E-state index in [-0.39, 0.29) is 5.91 Å². The van der Waals surface area contributed by atoms with Crippen LogP contribution in [-0.4, -0.2) is 48.9 Å². The van der Waals surface area contributed by atoms with Crippen LogP contribution in [0.3, 0.4) is 0 Å². The van der Waals surface area contributed by atoms with Crippen LogP contribution in [0.1, 0.15) is 19.8 Å². The Kier molecular flexibility index (Phi) is 7.83. The van der Waals surface area contributed by atoms with E-state index >= 15 is 0 Å². The summed E-state index contributed by atoms with van der Waals surface area (Å²) in [6, 6.07) is 4.06. The van der Waals surface area contributed by atoms with Crippen molar-refractivity contribution in [3.63, 3.8) is 0 Å². The van der Waals surface area contributed by atoms with Crippen LogP contribution in [0.5, 0.6) is 0 Å². The fourth-order valence-corrected chi connectivity index (χ4v) is 1.21. The smallest absolute Gasteiger partial charge is 0.236 e. The molecule has 0 rings (SSSR count). The normalized spacial score (nSPS) is 9.56. The quantitative estimate of drug-likeness (QED) is 0.632.